The second-order valence-electron chi connectivity index (χ2n) is 6.77. The van der Waals surface area contributed by atoms with Crippen LogP contribution in [-0.4, -0.2) is 27.0 Å². The van der Waals surface area contributed by atoms with Gasteiger partial charge in [0.15, 0.2) is 6.10 Å². The molecule has 0 unspecified atom stereocenters. The molecule has 1 atom stereocenters. The van der Waals surface area contributed by atoms with Crippen molar-refractivity contribution in [1.82, 2.24) is 5.32 Å². The predicted molar refractivity (Wildman–Crippen MR) is 115 cm³/mol. The minimum absolute atomic E-state index is 0.124. The summed E-state index contributed by atoms with van der Waals surface area (Å²) >= 11 is 5.88. The van der Waals surface area contributed by atoms with Gasteiger partial charge in [0.2, 0.25) is 0 Å². The van der Waals surface area contributed by atoms with E-state index in [0.29, 0.717) is 16.5 Å². The molecule has 3 aromatic rings. The lowest BCUT2D eigenvalue weighted by atomic mass is 10.2. The third kappa shape index (κ3) is 4.13. The molecule has 6 nitrogen and oxygen atoms in total. The maximum absolute atomic E-state index is 13.3. The van der Waals surface area contributed by atoms with Gasteiger partial charge in [-0.25, -0.2) is 8.42 Å². The summed E-state index contributed by atoms with van der Waals surface area (Å²) in [6.07, 6.45) is -0.981. The van der Waals surface area contributed by atoms with Crippen molar-refractivity contribution in [2.45, 2.75) is 17.5 Å². The number of nitrogens with zero attached hydrogens (tertiary/aromatic N) is 1. The van der Waals surface area contributed by atoms with Gasteiger partial charge in [0, 0.05) is 11.6 Å². The van der Waals surface area contributed by atoms with Crippen LogP contribution in [0.1, 0.15) is 5.56 Å². The summed E-state index contributed by atoms with van der Waals surface area (Å²) in [7, 11) is -3.86. The lowest BCUT2D eigenvalue weighted by Gasteiger charge is -2.34. The van der Waals surface area contributed by atoms with Crippen molar-refractivity contribution in [1.29, 1.82) is 0 Å². The number of para-hydroxylation sites is 2. The molecule has 1 aliphatic heterocycles. The Morgan fingerprint density at radius 1 is 1.00 bits per heavy atom. The van der Waals surface area contributed by atoms with Crippen molar-refractivity contribution in [2.24, 2.45) is 0 Å². The minimum atomic E-state index is -3.86. The predicted octanol–water partition coefficient (Wildman–Crippen LogP) is 3.61. The molecule has 0 aliphatic carbocycles. The number of sulfonamides is 1. The molecule has 8 heteroatoms. The molecular formula is C22H19ClN2O4S. The summed E-state index contributed by atoms with van der Waals surface area (Å²) in [5, 5.41) is 3.41. The zero-order chi connectivity index (χ0) is 21.1. The van der Waals surface area contributed by atoms with Crippen LogP contribution in [0.15, 0.2) is 83.8 Å². The summed E-state index contributed by atoms with van der Waals surface area (Å²) in [5.74, 6) is -0.0531. The van der Waals surface area contributed by atoms with E-state index in [1.165, 1.54) is 16.4 Å². The summed E-state index contributed by atoms with van der Waals surface area (Å²) in [6, 6.07) is 22.0. The Kier molecular flexibility index (Phi) is 5.65. The molecule has 1 aliphatic rings. The first-order valence-corrected chi connectivity index (χ1v) is 11.1. The topological polar surface area (TPSA) is 75.7 Å². The summed E-state index contributed by atoms with van der Waals surface area (Å²) in [6.45, 7) is 0.156. The van der Waals surface area contributed by atoms with Crippen LogP contribution in [0.2, 0.25) is 5.02 Å². The molecule has 1 amide bonds. The Balaban J connectivity index is 1.58. The molecule has 0 radical (unpaired) electrons. The van der Waals surface area contributed by atoms with Crippen LogP contribution in [0.4, 0.5) is 5.69 Å². The van der Waals surface area contributed by atoms with Gasteiger partial charge in [0.25, 0.3) is 15.9 Å². The van der Waals surface area contributed by atoms with Crippen LogP contribution in [0.3, 0.4) is 0 Å². The second-order valence-corrected chi connectivity index (χ2v) is 9.07. The van der Waals surface area contributed by atoms with Gasteiger partial charge in [-0.3, -0.25) is 9.10 Å². The molecule has 1 heterocycles. The van der Waals surface area contributed by atoms with E-state index in [2.05, 4.69) is 5.32 Å². The van der Waals surface area contributed by atoms with Crippen molar-refractivity contribution in [2.75, 3.05) is 10.8 Å². The molecular weight excluding hydrogens is 424 g/mol. The highest BCUT2D eigenvalue weighted by atomic mass is 35.5. The largest absolute Gasteiger partial charge is 0.476 e. The highest BCUT2D eigenvalue weighted by Gasteiger charge is 2.37. The quantitative estimate of drug-likeness (QED) is 0.655. The van der Waals surface area contributed by atoms with E-state index >= 15 is 0 Å². The molecule has 0 saturated heterocycles. The number of halogens is 1. The molecule has 154 valence electrons. The first-order valence-electron chi connectivity index (χ1n) is 9.31. The number of nitrogens with one attached hydrogen (secondary N) is 1. The highest BCUT2D eigenvalue weighted by molar-refractivity contribution is 7.92. The normalized spacial score (nSPS) is 15.8. The van der Waals surface area contributed by atoms with Gasteiger partial charge >= 0.3 is 0 Å². The highest BCUT2D eigenvalue weighted by Crippen LogP contribution is 2.36. The average Bonchev–Trinajstić information content (AvgIpc) is 2.78. The molecule has 30 heavy (non-hydrogen) atoms. The average molecular weight is 443 g/mol. The monoisotopic (exact) mass is 442 g/mol. The maximum Gasteiger partial charge on any atom is 0.264 e. The number of benzene rings is 3. The number of hydrogen-bond acceptors (Lipinski definition) is 4. The van der Waals surface area contributed by atoms with Crippen LogP contribution >= 0.6 is 11.6 Å². The first kappa shape index (κ1) is 20.3. The number of rotatable bonds is 5. The smallest absolute Gasteiger partial charge is 0.264 e. The van der Waals surface area contributed by atoms with Gasteiger partial charge in [0.1, 0.15) is 5.75 Å². The SMILES string of the molecule is O=C(NCc1ccc(Cl)cc1)[C@@H]1CN(S(=O)(=O)c2ccccc2)c2ccccc2O1. The number of anilines is 1. The summed E-state index contributed by atoms with van der Waals surface area (Å²) in [4.78, 5) is 12.9. The second kappa shape index (κ2) is 8.38. The van der Waals surface area contributed by atoms with Crippen molar-refractivity contribution in [3.05, 3.63) is 89.4 Å². The van der Waals surface area contributed by atoms with Gasteiger partial charge < -0.3 is 10.1 Å². The molecule has 1 N–H and O–H groups in total. The molecule has 3 aromatic carbocycles. The minimum Gasteiger partial charge on any atom is -0.476 e. The Hall–Kier alpha value is -3.03. The van der Waals surface area contributed by atoms with Crippen LogP contribution in [-0.2, 0) is 21.4 Å². The van der Waals surface area contributed by atoms with Gasteiger partial charge in [-0.1, -0.05) is 54.1 Å². The van der Waals surface area contributed by atoms with E-state index < -0.39 is 22.0 Å². The Morgan fingerprint density at radius 3 is 2.40 bits per heavy atom. The Labute approximate surface area is 180 Å². The Bertz CT molecular complexity index is 1150. The number of hydrogen-bond donors (Lipinski definition) is 1. The van der Waals surface area contributed by atoms with Crippen LogP contribution in [0, 0.1) is 0 Å². The molecule has 0 saturated carbocycles. The molecule has 0 spiro atoms. The van der Waals surface area contributed by atoms with Crippen molar-refractivity contribution >= 4 is 33.2 Å². The number of carbonyl (C=O) groups is 1. The number of amides is 1. The summed E-state index contributed by atoms with van der Waals surface area (Å²) in [5.41, 5.74) is 1.28. The van der Waals surface area contributed by atoms with Crippen molar-refractivity contribution in [3.8, 4) is 5.75 Å². The van der Waals surface area contributed by atoms with E-state index in [1.54, 1.807) is 54.6 Å². The lowest BCUT2D eigenvalue weighted by molar-refractivity contribution is -0.127. The zero-order valence-electron chi connectivity index (χ0n) is 15.9. The molecule has 0 fully saturated rings. The van der Waals surface area contributed by atoms with E-state index in [1.807, 2.05) is 12.1 Å². The van der Waals surface area contributed by atoms with E-state index in [9.17, 15) is 13.2 Å². The van der Waals surface area contributed by atoms with Crippen LogP contribution in [0.5, 0.6) is 5.75 Å². The van der Waals surface area contributed by atoms with E-state index in [0.717, 1.165) is 5.56 Å². The van der Waals surface area contributed by atoms with Gasteiger partial charge in [-0.05, 0) is 42.0 Å². The number of carbonyl (C=O) groups excluding carboxylic acids is 1. The van der Waals surface area contributed by atoms with Gasteiger partial charge in [0.05, 0.1) is 17.1 Å². The summed E-state index contributed by atoms with van der Waals surface area (Å²) < 4.78 is 33.6. The van der Waals surface area contributed by atoms with E-state index in [-0.39, 0.29) is 18.0 Å². The molecule has 4 rings (SSSR count). The first-order chi connectivity index (χ1) is 14.4. The number of ether oxygens (including phenoxy) is 1. The zero-order valence-corrected chi connectivity index (χ0v) is 17.4. The fraction of sp³-hybridized carbons (Fsp3) is 0.136. The molecule has 0 bridgehead atoms. The van der Waals surface area contributed by atoms with Gasteiger partial charge in [-0.15, -0.1) is 0 Å². The third-order valence-corrected chi connectivity index (χ3v) is 6.78. The maximum atomic E-state index is 13.3. The van der Waals surface area contributed by atoms with E-state index in [4.69, 9.17) is 16.3 Å². The third-order valence-electron chi connectivity index (χ3n) is 4.74. The van der Waals surface area contributed by atoms with Crippen molar-refractivity contribution in [3.63, 3.8) is 0 Å². The van der Waals surface area contributed by atoms with Crippen LogP contribution in [0.25, 0.3) is 0 Å². The fourth-order valence-corrected chi connectivity index (χ4v) is 4.81. The molecule has 0 aromatic heterocycles. The lowest BCUT2D eigenvalue weighted by Crippen LogP contribution is -2.50. The van der Waals surface area contributed by atoms with Crippen molar-refractivity contribution < 1.29 is 17.9 Å². The fourth-order valence-electron chi connectivity index (χ4n) is 3.19. The van der Waals surface area contributed by atoms with Gasteiger partial charge in [-0.2, -0.15) is 0 Å². The standard InChI is InChI=1S/C22H19ClN2O4S/c23-17-12-10-16(11-13-17)14-24-22(26)21-15-25(19-8-4-5-9-20(19)29-21)30(27,28)18-6-2-1-3-7-18/h1-13,21H,14-15H2,(H,24,26)/t21-/m0/s1. The van der Waals surface area contributed by atoms with Crippen LogP contribution < -0.4 is 14.4 Å². The number of fused-ring (bicyclic) bond motifs is 1. The Morgan fingerprint density at radius 2 is 1.67 bits per heavy atom.